The van der Waals surface area contributed by atoms with E-state index in [1.165, 1.54) is 0 Å². The first kappa shape index (κ1) is 45.3. The number of rotatable bonds is 15. The Morgan fingerprint density at radius 2 is 0.800 bits per heavy atom. The first-order valence-corrected chi connectivity index (χ1v) is 21.2. The average Bonchev–Trinajstić information content (AvgIpc) is 3.36. The van der Waals surface area contributed by atoms with Crippen molar-refractivity contribution in [2.75, 3.05) is 40.6 Å². The average molecular weight is 853 g/mol. The van der Waals surface area contributed by atoms with Crippen LogP contribution in [-0.4, -0.2) is 45.8 Å². The van der Waals surface area contributed by atoms with E-state index in [2.05, 4.69) is 59.5 Å². The molecule has 0 aliphatic heterocycles. The largest absolute Gasteiger partial charge is 0.497 e. The molecule has 0 heterocycles. The first-order valence-electron chi connectivity index (χ1n) is 21.2. The zero-order valence-electron chi connectivity index (χ0n) is 36.5. The van der Waals surface area contributed by atoms with Crippen molar-refractivity contribution in [2.45, 2.75) is 18.8 Å². The number of aliphatic hydroxyl groups excluding tert-OH is 1. The molecular weight excluding hydrogens is 805 g/mol. The predicted octanol–water partition coefficient (Wildman–Crippen LogP) is 9.94. The Hall–Kier alpha value is -7.78. The maximum Gasteiger partial charge on any atom is 0.143 e. The fourth-order valence-corrected chi connectivity index (χ4v) is 7.10. The molecule has 0 aliphatic carbocycles. The highest BCUT2D eigenvalue weighted by atomic mass is 16.5. The van der Waals surface area contributed by atoms with Gasteiger partial charge in [0, 0.05) is 33.4 Å². The Morgan fingerprint density at radius 3 is 1.25 bits per heavy atom. The lowest BCUT2D eigenvalue weighted by Gasteiger charge is -2.36. The van der Waals surface area contributed by atoms with Gasteiger partial charge in [0.2, 0.25) is 0 Å². The maximum atomic E-state index is 8.95. The smallest absolute Gasteiger partial charge is 0.143 e. The van der Waals surface area contributed by atoms with Crippen LogP contribution in [0.3, 0.4) is 0 Å². The summed E-state index contributed by atoms with van der Waals surface area (Å²) in [7, 11) is 3.33. The third-order valence-corrected chi connectivity index (χ3v) is 10.3. The van der Waals surface area contributed by atoms with Gasteiger partial charge in [-0.3, -0.25) is 0 Å². The second kappa shape index (κ2) is 23.6. The third kappa shape index (κ3) is 12.9. The van der Waals surface area contributed by atoms with Crippen LogP contribution in [0.1, 0.15) is 61.2 Å². The van der Waals surface area contributed by atoms with Crippen molar-refractivity contribution in [1.82, 2.24) is 0 Å². The molecule has 0 saturated heterocycles. The lowest BCUT2D eigenvalue weighted by molar-refractivity contribution is -0.0270. The van der Waals surface area contributed by atoms with E-state index in [-0.39, 0.29) is 6.61 Å². The lowest BCUT2D eigenvalue weighted by Crippen LogP contribution is -2.34. The molecule has 7 aromatic rings. The number of benzene rings is 7. The maximum absolute atomic E-state index is 8.95. The summed E-state index contributed by atoms with van der Waals surface area (Å²) in [4.78, 5) is 0. The zero-order valence-corrected chi connectivity index (χ0v) is 36.5. The van der Waals surface area contributed by atoms with Crippen LogP contribution in [0.25, 0.3) is 0 Å². The van der Waals surface area contributed by atoms with Crippen LogP contribution in [0.5, 0.6) is 11.5 Å². The van der Waals surface area contributed by atoms with E-state index in [0.29, 0.717) is 33.0 Å². The molecular formula is C59H48O6. The highest BCUT2D eigenvalue weighted by Crippen LogP contribution is 2.41. The van der Waals surface area contributed by atoms with E-state index in [0.717, 1.165) is 72.7 Å². The lowest BCUT2D eigenvalue weighted by atomic mass is 9.80. The van der Waals surface area contributed by atoms with Gasteiger partial charge in [-0.15, -0.1) is 0 Å². The molecule has 7 aromatic carbocycles. The minimum Gasteiger partial charge on any atom is -0.497 e. The van der Waals surface area contributed by atoms with E-state index >= 15 is 0 Å². The van der Waals surface area contributed by atoms with Crippen molar-refractivity contribution in [1.29, 1.82) is 0 Å². The molecule has 6 nitrogen and oxygen atoms in total. The van der Waals surface area contributed by atoms with Crippen molar-refractivity contribution < 1.29 is 28.8 Å². The molecule has 0 unspecified atom stereocenters. The van der Waals surface area contributed by atoms with E-state index in [1.807, 2.05) is 164 Å². The fourth-order valence-electron chi connectivity index (χ4n) is 7.10. The molecule has 320 valence electrons. The zero-order chi connectivity index (χ0) is 44.9. The van der Waals surface area contributed by atoms with Crippen LogP contribution in [0.4, 0.5) is 0 Å². The van der Waals surface area contributed by atoms with Crippen molar-refractivity contribution in [3.05, 3.63) is 237 Å². The van der Waals surface area contributed by atoms with E-state index < -0.39 is 5.60 Å². The second-order valence-corrected chi connectivity index (χ2v) is 14.7. The number of aliphatic hydroxyl groups is 1. The van der Waals surface area contributed by atoms with Crippen LogP contribution in [0.15, 0.2) is 176 Å². The van der Waals surface area contributed by atoms with Gasteiger partial charge < -0.3 is 28.8 Å². The Morgan fingerprint density at radius 1 is 0.400 bits per heavy atom. The standard InChI is InChI=1S/C59H48O6/c1-61-57-32-28-55(29-33-57)59(54-22-4-3-5-23-54,56-30-34-58(62-2)35-31-56)65-39-38-64-45-53-21-11-19-51(43-53)27-25-49-17-9-15-47(41-49)13-7-6-12-46-14-8-16-48(40-46)24-26-50-18-10-20-52(42-50)44-63-37-36-60/h3-5,8-11,14-23,28-35,40-43,60H,36-39,44-45H2,1-2H3. The van der Waals surface area contributed by atoms with Gasteiger partial charge in [-0.1, -0.05) is 127 Å². The van der Waals surface area contributed by atoms with E-state index in [9.17, 15) is 0 Å². The summed E-state index contributed by atoms with van der Waals surface area (Å²) < 4.78 is 29.5. The van der Waals surface area contributed by atoms with Crippen LogP contribution >= 0.6 is 0 Å². The van der Waals surface area contributed by atoms with E-state index in [4.69, 9.17) is 28.8 Å². The first-order chi connectivity index (χ1) is 32.0. The molecule has 0 bridgehead atoms. The number of ether oxygens (including phenoxy) is 5. The van der Waals surface area contributed by atoms with Crippen LogP contribution in [0.2, 0.25) is 0 Å². The minimum atomic E-state index is -0.911. The van der Waals surface area contributed by atoms with Gasteiger partial charge >= 0.3 is 0 Å². The van der Waals surface area contributed by atoms with Gasteiger partial charge in [-0.2, -0.15) is 0 Å². The molecule has 0 aliphatic rings. The number of hydrogen-bond donors (Lipinski definition) is 1. The molecule has 0 spiro atoms. The molecule has 0 fully saturated rings. The summed E-state index contributed by atoms with van der Waals surface area (Å²) in [5.41, 5.74) is 9.19. The van der Waals surface area contributed by atoms with Crippen LogP contribution < -0.4 is 9.47 Å². The highest BCUT2D eigenvalue weighted by molar-refractivity contribution is 5.53. The molecule has 0 amide bonds. The molecule has 7 rings (SSSR count). The predicted molar refractivity (Wildman–Crippen MR) is 256 cm³/mol. The van der Waals surface area contributed by atoms with Gasteiger partial charge in [0.1, 0.15) is 17.1 Å². The summed E-state index contributed by atoms with van der Waals surface area (Å²) in [6.07, 6.45) is 0. The monoisotopic (exact) mass is 852 g/mol. The van der Waals surface area contributed by atoms with Gasteiger partial charge in [0.25, 0.3) is 0 Å². The Balaban J connectivity index is 0.961. The summed E-state index contributed by atoms with van der Waals surface area (Å²) in [5.74, 6) is 26.8. The molecule has 0 aromatic heterocycles. The summed E-state index contributed by atoms with van der Waals surface area (Å²) in [5, 5.41) is 8.95. The molecule has 0 saturated carbocycles. The summed E-state index contributed by atoms with van der Waals surface area (Å²) in [6.45, 7) is 1.85. The topological polar surface area (TPSA) is 66.4 Å². The van der Waals surface area contributed by atoms with Crippen molar-refractivity contribution in [2.24, 2.45) is 0 Å². The Kier molecular flexibility index (Phi) is 16.4. The van der Waals surface area contributed by atoms with Crippen LogP contribution in [0, 0.1) is 47.4 Å². The van der Waals surface area contributed by atoms with Crippen molar-refractivity contribution >= 4 is 0 Å². The Labute approximate surface area is 382 Å². The second-order valence-electron chi connectivity index (χ2n) is 14.7. The van der Waals surface area contributed by atoms with Gasteiger partial charge in [0.05, 0.1) is 53.9 Å². The summed E-state index contributed by atoms with van der Waals surface area (Å²) >= 11 is 0. The highest BCUT2D eigenvalue weighted by Gasteiger charge is 2.37. The summed E-state index contributed by atoms with van der Waals surface area (Å²) in [6, 6.07) is 57.8. The third-order valence-electron chi connectivity index (χ3n) is 10.3. The molecule has 65 heavy (non-hydrogen) atoms. The Bertz CT molecular complexity index is 2860. The number of hydrogen-bond acceptors (Lipinski definition) is 6. The SMILES string of the molecule is COc1ccc(C(OCCOCc2cccc(C#Cc3cccc(C#CC#Cc4cccc(C#Cc5cccc(COCCO)c5)c4)c3)c2)(c2ccccc2)c2ccc(OC)cc2)cc1. The van der Waals surface area contributed by atoms with Gasteiger partial charge in [0.15, 0.2) is 0 Å². The molecule has 6 heteroatoms. The minimum absolute atomic E-state index is 0.000314. The quantitative estimate of drug-likeness (QED) is 0.0630. The van der Waals surface area contributed by atoms with Crippen molar-refractivity contribution in [3.63, 3.8) is 0 Å². The van der Waals surface area contributed by atoms with Gasteiger partial charge in [-0.05, 0) is 125 Å². The molecule has 0 atom stereocenters. The normalized spacial score (nSPS) is 10.4. The van der Waals surface area contributed by atoms with E-state index in [1.54, 1.807) is 14.2 Å². The fraction of sp³-hybridized carbons (Fsp3) is 0.153. The number of methoxy groups -OCH3 is 2. The van der Waals surface area contributed by atoms with Crippen LogP contribution in [-0.2, 0) is 33.0 Å². The molecule has 0 radical (unpaired) electrons. The molecule has 1 N–H and O–H groups in total. The van der Waals surface area contributed by atoms with Gasteiger partial charge in [-0.25, -0.2) is 0 Å². The van der Waals surface area contributed by atoms with Crippen molar-refractivity contribution in [3.8, 4) is 58.9 Å².